The van der Waals surface area contributed by atoms with Crippen molar-refractivity contribution in [1.29, 1.82) is 0 Å². The summed E-state index contributed by atoms with van der Waals surface area (Å²) in [6.07, 6.45) is 9.95. The number of carbonyl (C=O) groups is 1. The van der Waals surface area contributed by atoms with E-state index in [4.69, 9.17) is 10.5 Å². The van der Waals surface area contributed by atoms with E-state index in [9.17, 15) is 13.6 Å². The number of halogens is 3. The van der Waals surface area contributed by atoms with Gasteiger partial charge in [-0.25, -0.2) is 24.3 Å². The molecule has 3 aliphatic rings. The van der Waals surface area contributed by atoms with Crippen molar-refractivity contribution in [3.05, 3.63) is 71.1 Å². The first kappa shape index (κ1) is 23.1. The maximum atomic E-state index is 15.0. The fourth-order valence-corrected chi connectivity index (χ4v) is 5.92. The molecule has 38 heavy (non-hydrogen) atoms. The molecule has 9 nitrogen and oxygen atoms in total. The van der Waals surface area contributed by atoms with Gasteiger partial charge in [0.1, 0.15) is 17.4 Å². The van der Waals surface area contributed by atoms with Crippen molar-refractivity contribution >= 4 is 11.7 Å². The van der Waals surface area contributed by atoms with Crippen molar-refractivity contribution in [3.63, 3.8) is 0 Å². The number of rotatable bonds is 4. The Hall–Kier alpha value is -4.06. The van der Waals surface area contributed by atoms with Gasteiger partial charge in [0, 0.05) is 54.4 Å². The van der Waals surface area contributed by atoms with Gasteiger partial charge in [0.2, 0.25) is 5.78 Å². The maximum absolute atomic E-state index is 15.0. The lowest BCUT2D eigenvalue weighted by Gasteiger charge is -2.36. The number of nitrogens with two attached hydrogens (primary N) is 1. The number of benzene rings is 1. The molecule has 3 aromatic heterocycles. The van der Waals surface area contributed by atoms with Gasteiger partial charge in [-0.1, -0.05) is 0 Å². The van der Waals surface area contributed by atoms with Crippen LogP contribution < -0.4 is 10.5 Å². The molecule has 2 aliphatic carbocycles. The average Bonchev–Trinajstić information content (AvgIpc) is 3.41. The molecule has 0 radical (unpaired) electrons. The molecule has 2 atom stereocenters. The molecule has 4 aromatic rings. The van der Waals surface area contributed by atoms with Crippen molar-refractivity contribution in [1.82, 2.24) is 29.2 Å². The summed E-state index contributed by atoms with van der Waals surface area (Å²) in [6, 6.07) is 1.64. The number of amides is 1. The number of imidazole rings is 1. The zero-order valence-corrected chi connectivity index (χ0v) is 20.2. The summed E-state index contributed by atoms with van der Waals surface area (Å²) in [5.74, 6) is -1.27. The minimum absolute atomic E-state index is 0.0945. The topological polar surface area (TPSA) is 112 Å². The van der Waals surface area contributed by atoms with Gasteiger partial charge in [0.15, 0.2) is 0 Å². The van der Waals surface area contributed by atoms with E-state index in [1.165, 1.54) is 4.90 Å². The molecule has 1 amide bonds. The summed E-state index contributed by atoms with van der Waals surface area (Å²) in [4.78, 5) is 32.8. The van der Waals surface area contributed by atoms with E-state index in [-0.39, 0.29) is 16.9 Å². The molecule has 12 heteroatoms. The predicted octanol–water partition coefficient (Wildman–Crippen LogP) is 3.93. The van der Waals surface area contributed by atoms with Gasteiger partial charge in [0.25, 0.3) is 5.91 Å². The van der Waals surface area contributed by atoms with Gasteiger partial charge in [-0.3, -0.25) is 9.20 Å². The molecular weight excluding hydrogens is 499 g/mol. The molecule has 7 rings (SSSR count). The summed E-state index contributed by atoms with van der Waals surface area (Å²) in [7, 11) is 1.56. The Morgan fingerprint density at radius 1 is 1.13 bits per heavy atom. The third-order valence-corrected chi connectivity index (χ3v) is 8.05. The molecule has 2 N–H and O–H groups in total. The van der Waals surface area contributed by atoms with Gasteiger partial charge >= 0.3 is 6.61 Å². The lowest BCUT2D eigenvalue weighted by Crippen LogP contribution is -2.44. The van der Waals surface area contributed by atoms with Gasteiger partial charge in [-0.05, 0) is 37.8 Å². The van der Waals surface area contributed by atoms with Crippen LogP contribution in [0.4, 0.5) is 13.2 Å². The number of hydrogen-bond acceptors (Lipinski definition) is 7. The zero-order chi connectivity index (χ0) is 26.3. The first-order valence-corrected chi connectivity index (χ1v) is 12.3. The molecular formula is C26H22F3N7O2. The highest BCUT2D eigenvalue weighted by Gasteiger charge is 2.47. The Bertz CT molecular complexity index is 1620. The van der Waals surface area contributed by atoms with E-state index >= 15 is 4.39 Å². The Labute approximate surface area is 214 Å². The first-order chi connectivity index (χ1) is 18.2. The highest BCUT2D eigenvalue weighted by atomic mass is 19.3. The van der Waals surface area contributed by atoms with E-state index < -0.39 is 35.8 Å². The summed E-state index contributed by atoms with van der Waals surface area (Å²) in [5, 5.41) is 0. The second-order valence-electron chi connectivity index (χ2n) is 10.1. The van der Waals surface area contributed by atoms with Crippen LogP contribution in [0.3, 0.4) is 0 Å². The van der Waals surface area contributed by atoms with Crippen LogP contribution in [-0.2, 0) is 5.54 Å². The normalized spacial score (nSPS) is 21.3. The van der Waals surface area contributed by atoms with Crippen molar-refractivity contribution in [2.75, 3.05) is 7.05 Å². The number of carbonyl (C=O) groups excluding carboxylic acids is 1. The van der Waals surface area contributed by atoms with Crippen LogP contribution in [0.15, 0.2) is 36.9 Å². The van der Waals surface area contributed by atoms with Crippen molar-refractivity contribution < 1.29 is 22.7 Å². The Morgan fingerprint density at radius 3 is 2.55 bits per heavy atom. The molecule has 1 aliphatic heterocycles. The number of fused-ring (bicyclic) bond motifs is 9. The summed E-state index contributed by atoms with van der Waals surface area (Å²) < 4.78 is 48.2. The molecule has 1 fully saturated rings. The van der Waals surface area contributed by atoms with Crippen LogP contribution in [0.25, 0.3) is 16.9 Å². The fourth-order valence-electron chi connectivity index (χ4n) is 5.92. The molecule has 0 spiro atoms. The number of alkyl halides is 2. The molecule has 194 valence electrons. The number of ether oxygens (including phenoxy) is 1. The monoisotopic (exact) mass is 521 g/mol. The van der Waals surface area contributed by atoms with E-state index in [1.54, 1.807) is 30.0 Å². The fraction of sp³-hybridized carbons (Fsp3) is 0.346. The second-order valence-corrected chi connectivity index (χ2v) is 10.1. The van der Waals surface area contributed by atoms with E-state index in [2.05, 4.69) is 19.9 Å². The van der Waals surface area contributed by atoms with Crippen LogP contribution in [0, 0.1) is 5.82 Å². The number of hydrogen-bond donors (Lipinski definition) is 1. The van der Waals surface area contributed by atoms with Crippen LogP contribution in [-0.4, -0.2) is 48.8 Å². The van der Waals surface area contributed by atoms with Crippen molar-refractivity contribution in [2.24, 2.45) is 5.73 Å². The van der Waals surface area contributed by atoms with Crippen molar-refractivity contribution in [3.8, 4) is 16.9 Å². The minimum Gasteiger partial charge on any atom is -0.434 e. The highest BCUT2D eigenvalue weighted by Crippen LogP contribution is 2.52. The van der Waals surface area contributed by atoms with Crippen LogP contribution in [0.1, 0.15) is 70.8 Å². The maximum Gasteiger partial charge on any atom is 0.387 e. The van der Waals surface area contributed by atoms with Crippen LogP contribution >= 0.6 is 0 Å². The molecule has 2 bridgehead atoms. The largest absolute Gasteiger partial charge is 0.434 e. The number of aromatic nitrogens is 5. The lowest BCUT2D eigenvalue weighted by atomic mass is 9.77. The van der Waals surface area contributed by atoms with Gasteiger partial charge in [-0.15, -0.1) is 0 Å². The van der Waals surface area contributed by atoms with E-state index in [0.717, 1.165) is 31.4 Å². The average molecular weight is 522 g/mol. The molecule has 1 saturated carbocycles. The molecule has 1 aromatic carbocycles. The highest BCUT2D eigenvalue weighted by molar-refractivity contribution is 5.98. The summed E-state index contributed by atoms with van der Waals surface area (Å²) in [6.45, 7) is -3.14. The predicted molar refractivity (Wildman–Crippen MR) is 128 cm³/mol. The quantitative estimate of drug-likeness (QED) is 0.433. The van der Waals surface area contributed by atoms with Gasteiger partial charge in [-0.2, -0.15) is 8.78 Å². The van der Waals surface area contributed by atoms with Crippen LogP contribution in [0.5, 0.6) is 5.75 Å². The summed E-state index contributed by atoms with van der Waals surface area (Å²) >= 11 is 0. The van der Waals surface area contributed by atoms with Gasteiger partial charge in [0.05, 0.1) is 28.5 Å². The lowest BCUT2D eigenvalue weighted by molar-refractivity contribution is -0.0506. The Balaban J connectivity index is 1.38. The van der Waals surface area contributed by atoms with E-state index in [1.807, 2.05) is 6.20 Å². The molecule has 4 heterocycles. The van der Waals surface area contributed by atoms with Crippen molar-refractivity contribution in [2.45, 2.75) is 49.8 Å². The standard InChI is InChI=1S/C26H22F3N7O2/c1-35-16-7-14(18-17(38-24(28)29)4-3-15(27)19(18)22(35)37)21-20(16)34-25-33-10-13(11-36(21)25)12-8-31-23(32-9-12)26(30)5-2-6-26/h3-4,8-11,14,16,24H,2,5-7,30H2,1H3. The summed E-state index contributed by atoms with van der Waals surface area (Å²) in [5.41, 5.74) is 8.36. The second kappa shape index (κ2) is 7.97. The third-order valence-electron chi connectivity index (χ3n) is 8.05. The SMILES string of the molecule is CN1C(=O)c2c(F)ccc(OC(F)F)c2C2CC1c1nc3ncc(-c4cnc(C5(N)CCC5)nc4)cn3c12. The van der Waals surface area contributed by atoms with E-state index in [0.29, 0.717) is 40.5 Å². The Kier molecular flexibility index (Phi) is 4.84. The number of nitrogens with zero attached hydrogens (tertiary/aromatic N) is 6. The van der Waals surface area contributed by atoms with Gasteiger partial charge < -0.3 is 15.4 Å². The Morgan fingerprint density at radius 2 is 1.87 bits per heavy atom. The van der Waals surface area contributed by atoms with Crippen LogP contribution in [0.2, 0.25) is 0 Å². The molecule has 2 unspecified atom stereocenters. The third kappa shape index (κ3) is 3.19. The zero-order valence-electron chi connectivity index (χ0n) is 20.2. The minimum atomic E-state index is -3.14. The first-order valence-electron chi connectivity index (χ1n) is 12.3. The molecule has 0 saturated heterocycles. The smallest absolute Gasteiger partial charge is 0.387 e.